The van der Waals surface area contributed by atoms with Crippen LogP contribution in [0.15, 0.2) is 18.2 Å². The van der Waals surface area contributed by atoms with Crippen LogP contribution in [0.1, 0.15) is 0 Å². The highest BCUT2D eigenvalue weighted by atomic mass is 35.5. The van der Waals surface area contributed by atoms with Crippen LogP contribution in [-0.2, 0) is 0 Å². The summed E-state index contributed by atoms with van der Waals surface area (Å²) in [6.45, 7) is 3.67. The molecule has 0 bridgehead atoms. The molecule has 0 saturated carbocycles. The molecule has 0 amide bonds. The number of nitro benzene ring substituents is 1. The molecule has 1 N–H and O–H groups in total. The van der Waals surface area contributed by atoms with E-state index in [1.807, 2.05) is 0 Å². The van der Waals surface area contributed by atoms with Crippen molar-refractivity contribution >= 4 is 23.0 Å². The standard InChI is InChI=1S/C13H19ClN4O2/c1-16-5-6-17(2)11(9-16)8-15-12-4-3-10(14)7-13(12)18(19)20/h3-4,7,11,15H,5-6,8-9H2,1-2H3. The molecule has 1 aromatic carbocycles. The van der Waals surface area contributed by atoms with Crippen molar-refractivity contribution in [1.82, 2.24) is 9.80 Å². The van der Waals surface area contributed by atoms with Gasteiger partial charge in [-0.1, -0.05) is 11.6 Å². The van der Waals surface area contributed by atoms with Crippen molar-refractivity contribution in [2.45, 2.75) is 6.04 Å². The van der Waals surface area contributed by atoms with Crippen molar-refractivity contribution in [3.63, 3.8) is 0 Å². The maximum absolute atomic E-state index is 11.0. The highest BCUT2D eigenvalue weighted by Gasteiger charge is 2.23. The number of hydrogen-bond donors (Lipinski definition) is 1. The summed E-state index contributed by atoms with van der Waals surface area (Å²) in [6, 6.07) is 5.03. The number of rotatable bonds is 4. The molecule has 1 aliphatic rings. The van der Waals surface area contributed by atoms with E-state index in [-0.39, 0.29) is 5.69 Å². The highest BCUT2D eigenvalue weighted by Crippen LogP contribution is 2.27. The zero-order chi connectivity index (χ0) is 14.7. The Bertz CT molecular complexity index is 497. The van der Waals surface area contributed by atoms with Crippen LogP contribution < -0.4 is 5.32 Å². The Kier molecular flexibility index (Phi) is 4.80. The number of nitrogens with one attached hydrogen (secondary N) is 1. The molecule has 20 heavy (non-hydrogen) atoms. The zero-order valence-electron chi connectivity index (χ0n) is 11.7. The number of nitrogens with zero attached hydrogens (tertiary/aromatic N) is 3. The second-order valence-electron chi connectivity index (χ2n) is 5.20. The average molecular weight is 299 g/mol. The predicted molar refractivity (Wildman–Crippen MR) is 80.5 cm³/mol. The maximum atomic E-state index is 11.0. The minimum Gasteiger partial charge on any atom is -0.378 e. The molecule has 0 aromatic heterocycles. The first kappa shape index (κ1) is 15.0. The molecule has 1 aromatic rings. The Morgan fingerprint density at radius 2 is 2.20 bits per heavy atom. The van der Waals surface area contributed by atoms with Gasteiger partial charge in [-0.25, -0.2) is 0 Å². The van der Waals surface area contributed by atoms with Gasteiger partial charge in [-0.15, -0.1) is 0 Å². The first-order chi connectivity index (χ1) is 9.47. The summed E-state index contributed by atoms with van der Waals surface area (Å²) in [7, 11) is 4.17. The van der Waals surface area contributed by atoms with Crippen LogP contribution in [0.2, 0.25) is 5.02 Å². The summed E-state index contributed by atoms with van der Waals surface area (Å²) in [5.74, 6) is 0. The van der Waals surface area contributed by atoms with Crippen LogP contribution in [0, 0.1) is 10.1 Å². The van der Waals surface area contributed by atoms with Crippen LogP contribution in [0.5, 0.6) is 0 Å². The maximum Gasteiger partial charge on any atom is 0.293 e. The largest absolute Gasteiger partial charge is 0.378 e. The van der Waals surface area contributed by atoms with E-state index in [0.29, 0.717) is 23.3 Å². The summed E-state index contributed by atoms with van der Waals surface area (Å²) in [5, 5.41) is 14.6. The SMILES string of the molecule is CN1CCN(C)C(CNc2ccc(Cl)cc2[N+](=O)[O-])C1. The number of hydrogen-bond acceptors (Lipinski definition) is 5. The van der Waals surface area contributed by atoms with Gasteiger partial charge in [-0.05, 0) is 26.2 Å². The number of anilines is 1. The molecule has 1 aliphatic heterocycles. The summed E-state index contributed by atoms with van der Waals surface area (Å²) < 4.78 is 0. The fourth-order valence-electron chi connectivity index (χ4n) is 2.35. The van der Waals surface area contributed by atoms with Crippen molar-refractivity contribution in [3.8, 4) is 0 Å². The van der Waals surface area contributed by atoms with Crippen molar-refractivity contribution in [1.29, 1.82) is 0 Å². The van der Waals surface area contributed by atoms with E-state index >= 15 is 0 Å². The minimum atomic E-state index is -0.412. The Hall–Kier alpha value is -1.37. The van der Waals surface area contributed by atoms with Crippen molar-refractivity contribution < 1.29 is 4.92 Å². The minimum absolute atomic E-state index is 0.0179. The molecule has 110 valence electrons. The summed E-state index contributed by atoms with van der Waals surface area (Å²) in [4.78, 5) is 15.2. The Morgan fingerprint density at radius 1 is 1.45 bits per heavy atom. The van der Waals surface area contributed by atoms with Gasteiger partial charge in [-0.3, -0.25) is 15.0 Å². The molecule has 0 aliphatic carbocycles. The van der Waals surface area contributed by atoms with Crippen molar-refractivity contribution in [3.05, 3.63) is 33.3 Å². The number of benzene rings is 1. The third-order valence-electron chi connectivity index (χ3n) is 3.66. The van der Waals surface area contributed by atoms with Crippen LogP contribution in [0.25, 0.3) is 0 Å². The fraction of sp³-hybridized carbons (Fsp3) is 0.538. The first-order valence-electron chi connectivity index (χ1n) is 6.54. The van der Waals surface area contributed by atoms with Gasteiger partial charge < -0.3 is 10.2 Å². The normalized spacial score (nSPS) is 20.9. The molecule has 1 unspecified atom stereocenters. The molecule has 1 heterocycles. The lowest BCUT2D eigenvalue weighted by Crippen LogP contribution is -2.52. The van der Waals surface area contributed by atoms with Gasteiger partial charge >= 0.3 is 0 Å². The zero-order valence-corrected chi connectivity index (χ0v) is 12.4. The van der Waals surface area contributed by atoms with Gasteiger partial charge in [0, 0.05) is 43.3 Å². The van der Waals surface area contributed by atoms with E-state index in [4.69, 9.17) is 11.6 Å². The average Bonchev–Trinajstić information content (AvgIpc) is 2.40. The van der Waals surface area contributed by atoms with Crippen molar-refractivity contribution in [2.75, 3.05) is 45.6 Å². The Morgan fingerprint density at radius 3 is 2.90 bits per heavy atom. The quantitative estimate of drug-likeness (QED) is 0.679. The van der Waals surface area contributed by atoms with Gasteiger partial charge in [0.05, 0.1) is 4.92 Å². The van der Waals surface area contributed by atoms with E-state index in [0.717, 1.165) is 19.6 Å². The van der Waals surface area contributed by atoms with Crippen LogP contribution in [0.4, 0.5) is 11.4 Å². The van der Waals surface area contributed by atoms with E-state index in [2.05, 4.69) is 29.2 Å². The molecule has 2 rings (SSSR count). The lowest BCUT2D eigenvalue weighted by molar-refractivity contribution is -0.383. The van der Waals surface area contributed by atoms with E-state index in [1.165, 1.54) is 6.07 Å². The van der Waals surface area contributed by atoms with Crippen LogP contribution in [0.3, 0.4) is 0 Å². The number of halogens is 1. The molecular formula is C13H19ClN4O2. The molecule has 1 atom stereocenters. The molecule has 1 saturated heterocycles. The topological polar surface area (TPSA) is 61.6 Å². The molecule has 1 fully saturated rings. The summed E-state index contributed by atoms with van der Waals surface area (Å²) in [5.41, 5.74) is 0.533. The fourth-order valence-corrected chi connectivity index (χ4v) is 2.52. The lowest BCUT2D eigenvalue weighted by atomic mass is 10.1. The van der Waals surface area contributed by atoms with Gasteiger partial charge in [0.15, 0.2) is 0 Å². The van der Waals surface area contributed by atoms with Crippen LogP contribution >= 0.6 is 11.6 Å². The van der Waals surface area contributed by atoms with Gasteiger partial charge in [0.25, 0.3) is 5.69 Å². The predicted octanol–water partition coefficient (Wildman–Crippen LogP) is 1.91. The second kappa shape index (κ2) is 6.39. The molecule has 0 radical (unpaired) electrons. The van der Waals surface area contributed by atoms with Gasteiger partial charge in [0.1, 0.15) is 5.69 Å². The van der Waals surface area contributed by atoms with Gasteiger partial charge in [0.2, 0.25) is 0 Å². The third kappa shape index (κ3) is 3.59. The van der Waals surface area contributed by atoms with E-state index in [9.17, 15) is 10.1 Å². The monoisotopic (exact) mass is 298 g/mol. The molecule has 6 nitrogen and oxygen atoms in total. The smallest absolute Gasteiger partial charge is 0.293 e. The van der Waals surface area contributed by atoms with E-state index < -0.39 is 4.92 Å². The second-order valence-corrected chi connectivity index (χ2v) is 5.63. The number of piperazine rings is 1. The third-order valence-corrected chi connectivity index (χ3v) is 3.90. The van der Waals surface area contributed by atoms with E-state index in [1.54, 1.807) is 12.1 Å². The van der Waals surface area contributed by atoms with Gasteiger partial charge in [-0.2, -0.15) is 0 Å². The number of nitro groups is 1. The lowest BCUT2D eigenvalue weighted by Gasteiger charge is -2.37. The Labute approximate surface area is 123 Å². The molecular weight excluding hydrogens is 280 g/mol. The Balaban J connectivity index is 2.05. The molecule has 0 spiro atoms. The summed E-state index contributed by atoms with van der Waals surface area (Å²) >= 11 is 5.80. The molecule has 7 heteroatoms. The van der Waals surface area contributed by atoms with Crippen molar-refractivity contribution in [2.24, 2.45) is 0 Å². The highest BCUT2D eigenvalue weighted by molar-refractivity contribution is 6.30. The first-order valence-corrected chi connectivity index (χ1v) is 6.92. The summed E-state index contributed by atoms with van der Waals surface area (Å²) in [6.07, 6.45) is 0. The van der Waals surface area contributed by atoms with Crippen LogP contribution in [-0.4, -0.2) is 61.0 Å². The number of likely N-dealkylation sites (N-methyl/N-ethyl adjacent to an activating group) is 2.